The number of nitrogens with one attached hydrogen (secondary N) is 1. The number of nitrogens with two attached hydrogens (primary N) is 1. The van der Waals surface area contributed by atoms with Crippen LogP contribution in [0.2, 0.25) is 0 Å². The van der Waals surface area contributed by atoms with Gasteiger partial charge in [-0.3, -0.25) is 9.78 Å². The molecule has 0 atom stereocenters. The Bertz CT molecular complexity index is 774. The molecule has 3 rings (SSSR count). The Labute approximate surface area is 166 Å². The molecule has 0 unspecified atom stereocenters. The number of pyridine rings is 1. The van der Waals surface area contributed by atoms with Crippen LogP contribution < -0.4 is 20.5 Å². The fourth-order valence-electron chi connectivity index (χ4n) is 3.81. The number of carbonyl (C=O) groups excluding carboxylic acids is 1. The highest BCUT2D eigenvalue weighted by Crippen LogP contribution is 2.39. The summed E-state index contributed by atoms with van der Waals surface area (Å²) in [5, 5.41) is 3.00. The minimum Gasteiger partial charge on any atom is -0.493 e. The summed E-state index contributed by atoms with van der Waals surface area (Å²) in [6.07, 6.45) is 9.51. The number of hydrogen-bond acceptors (Lipinski definition) is 5. The van der Waals surface area contributed by atoms with Crippen molar-refractivity contribution in [3.8, 4) is 11.5 Å². The smallest absolute Gasteiger partial charge is 0.224 e. The van der Waals surface area contributed by atoms with Crippen molar-refractivity contribution >= 4 is 11.6 Å². The molecule has 28 heavy (non-hydrogen) atoms. The fraction of sp³-hybridized carbons (Fsp3) is 0.455. The molecule has 1 aromatic carbocycles. The van der Waals surface area contributed by atoms with Crippen molar-refractivity contribution < 1.29 is 14.3 Å². The molecular formula is C22H29N3O3. The Kier molecular flexibility index (Phi) is 6.87. The van der Waals surface area contributed by atoms with Crippen LogP contribution in [0.5, 0.6) is 11.5 Å². The third kappa shape index (κ3) is 5.23. The molecule has 0 spiro atoms. The fourth-order valence-corrected chi connectivity index (χ4v) is 3.81. The normalized spacial score (nSPS) is 15.6. The molecule has 1 amide bonds. The second kappa shape index (κ2) is 9.55. The molecule has 2 aromatic rings. The van der Waals surface area contributed by atoms with Crippen LogP contribution in [0.25, 0.3) is 0 Å². The van der Waals surface area contributed by atoms with E-state index in [0.717, 1.165) is 31.2 Å². The molecule has 0 bridgehead atoms. The summed E-state index contributed by atoms with van der Waals surface area (Å²) in [6.45, 7) is 0.954. The second-order valence-corrected chi connectivity index (χ2v) is 7.50. The maximum atomic E-state index is 12.6. The van der Waals surface area contributed by atoms with Gasteiger partial charge >= 0.3 is 0 Å². The van der Waals surface area contributed by atoms with Gasteiger partial charge in [0.1, 0.15) is 6.61 Å². The van der Waals surface area contributed by atoms with Crippen molar-refractivity contribution in [2.75, 3.05) is 19.0 Å². The van der Waals surface area contributed by atoms with Gasteiger partial charge in [0.05, 0.1) is 7.11 Å². The summed E-state index contributed by atoms with van der Waals surface area (Å²) in [4.78, 5) is 16.6. The highest BCUT2D eigenvalue weighted by atomic mass is 16.5. The van der Waals surface area contributed by atoms with Crippen LogP contribution >= 0.6 is 0 Å². The van der Waals surface area contributed by atoms with Crippen LogP contribution in [0.1, 0.15) is 44.1 Å². The maximum Gasteiger partial charge on any atom is 0.224 e. The number of nitrogens with zero attached hydrogens (tertiary/aromatic N) is 1. The third-order valence-electron chi connectivity index (χ3n) is 5.47. The molecule has 6 heteroatoms. The number of methoxy groups -OCH3 is 1. The van der Waals surface area contributed by atoms with E-state index in [1.54, 1.807) is 31.6 Å². The van der Waals surface area contributed by atoms with Crippen molar-refractivity contribution in [1.82, 2.24) is 4.98 Å². The van der Waals surface area contributed by atoms with Gasteiger partial charge in [-0.25, -0.2) is 0 Å². The van der Waals surface area contributed by atoms with E-state index in [4.69, 9.17) is 15.2 Å². The average molecular weight is 383 g/mol. The minimum absolute atomic E-state index is 0.00222. The first-order valence-electron chi connectivity index (χ1n) is 9.84. The van der Waals surface area contributed by atoms with E-state index in [2.05, 4.69) is 10.3 Å². The van der Waals surface area contributed by atoms with Gasteiger partial charge in [-0.15, -0.1) is 0 Å². The molecule has 1 aliphatic rings. The molecule has 0 radical (unpaired) electrons. The summed E-state index contributed by atoms with van der Waals surface area (Å²) in [7, 11) is 1.60. The van der Waals surface area contributed by atoms with E-state index < -0.39 is 0 Å². The highest BCUT2D eigenvalue weighted by molar-refractivity contribution is 5.91. The first kappa shape index (κ1) is 20.1. The Balaban J connectivity index is 1.65. The summed E-state index contributed by atoms with van der Waals surface area (Å²) in [5.41, 5.74) is 7.66. The van der Waals surface area contributed by atoms with Gasteiger partial charge in [-0.1, -0.05) is 19.3 Å². The lowest BCUT2D eigenvalue weighted by molar-refractivity contribution is -0.118. The van der Waals surface area contributed by atoms with Crippen molar-refractivity contribution in [3.05, 3.63) is 48.3 Å². The minimum atomic E-state index is -0.0600. The van der Waals surface area contributed by atoms with Crippen molar-refractivity contribution in [2.45, 2.75) is 45.1 Å². The van der Waals surface area contributed by atoms with Gasteiger partial charge in [-0.05, 0) is 54.6 Å². The lowest BCUT2D eigenvalue weighted by Gasteiger charge is -2.35. The Morgan fingerprint density at radius 1 is 1.14 bits per heavy atom. The zero-order valence-corrected chi connectivity index (χ0v) is 16.4. The molecular weight excluding hydrogens is 354 g/mol. The number of hydrogen-bond donors (Lipinski definition) is 2. The molecule has 1 heterocycles. The van der Waals surface area contributed by atoms with Gasteiger partial charge in [0.2, 0.25) is 5.91 Å². The predicted octanol–water partition coefficient (Wildman–Crippen LogP) is 3.91. The number of ether oxygens (including phenoxy) is 2. The first-order chi connectivity index (χ1) is 13.6. The van der Waals surface area contributed by atoms with Crippen molar-refractivity contribution in [1.29, 1.82) is 0 Å². The molecule has 0 saturated heterocycles. The maximum absolute atomic E-state index is 12.6. The van der Waals surface area contributed by atoms with E-state index in [9.17, 15) is 4.79 Å². The third-order valence-corrected chi connectivity index (χ3v) is 5.47. The molecule has 3 N–H and O–H groups in total. The number of benzene rings is 1. The number of aromatic nitrogens is 1. The number of amides is 1. The predicted molar refractivity (Wildman–Crippen MR) is 109 cm³/mol. The molecule has 1 saturated carbocycles. The van der Waals surface area contributed by atoms with Crippen LogP contribution in [0.4, 0.5) is 5.69 Å². The quantitative estimate of drug-likeness (QED) is 0.722. The average Bonchev–Trinajstić information content (AvgIpc) is 2.73. The van der Waals surface area contributed by atoms with E-state index in [1.807, 2.05) is 18.2 Å². The summed E-state index contributed by atoms with van der Waals surface area (Å²) in [5.74, 6) is 1.21. The number of rotatable bonds is 8. The molecule has 1 fully saturated rings. The topological polar surface area (TPSA) is 86.5 Å². The van der Waals surface area contributed by atoms with Gasteiger partial charge in [0.15, 0.2) is 11.5 Å². The molecule has 1 aromatic heterocycles. The molecule has 0 aliphatic heterocycles. The second-order valence-electron chi connectivity index (χ2n) is 7.50. The summed E-state index contributed by atoms with van der Waals surface area (Å²) >= 11 is 0. The number of carbonyl (C=O) groups is 1. The highest BCUT2D eigenvalue weighted by Gasteiger charge is 2.33. The van der Waals surface area contributed by atoms with Gasteiger partial charge in [0.25, 0.3) is 0 Å². The van der Waals surface area contributed by atoms with Gasteiger partial charge < -0.3 is 20.5 Å². The Morgan fingerprint density at radius 3 is 2.57 bits per heavy atom. The zero-order valence-electron chi connectivity index (χ0n) is 16.4. The Morgan fingerprint density at radius 2 is 1.89 bits per heavy atom. The molecule has 150 valence electrons. The van der Waals surface area contributed by atoms with Gasteiger partial charge in [0, 0.05) is 30.6 Å². The van der Waals surface area contributed by atoms with Crippen molar-refractivity contribution in [3.63, 3.8) is 0 Å². The molecule has 6 nitrogen and oxygen atoms in total. The lowest BCUT2D eigenvalue weighted by atomic mass is 9.71. The number of anilines is 1. The van der Waals surface area contributed by atoms with E-state index in [-0.39, 0.29) is 11.3 Å². The standard InChI is InChI=1S/C22H29N3O3/c1-27-19-6-5-18(13-20(19)28-15-17-7-11-24-12-8-17)25-21(26)14-22(16-23)9-3-2-4-10-22/h5-8,11-13H,2-4,9-10,14-16,23H2,1H3,(H,25,26). The van der Waals surface area contributed by atoms with Crippen LogP contribution in [-0.4, -0.2) is 24.5 Å². The van der Waals surface area contributed by atoms with Crippen LogP contribution in [0.3, 0.4) is 0 Å². The Hall–Kier alpha value is -2.60. The van der Waals surface area contributed by atoms with Crippen LogP contribution in [0, 0.1) is 5.41 Å². The van der Waals surface area contributed by atoms with E-state index in [1.165, 1.54) is 6.42 Å². The van der Waals surface area contributed by atoms with Crippen LogP contribution in [-0.2, 0) is 11.4 Å². The van der Waals surface area contributed by atoms with Gasteiger partial charge in [-0.2, -0.15) is 0 Å². The SMILES string of the molecule is COc1ccc(NC(=O)CC2(CN)CCCCC2)cc1OCc1ccncc1. The molecule has 1 aliphatic carbocycles. The largest absolute Gasteiger partial charge is 0.493 e. The first-order valence-corrected chi connectivity index (χ1v) is 9.84. The zero-order chi connectivity index (χ0) is 19.8. The van der Waals surface area contributed by atoms with Crippen molar-refractivity contribution in [2.24, 2.45) is 11.1 Å². The van der Waals surface area contributed by atoms with E-state index in [0.29, 0.717) is 36.8 Å². The van der Waals surface area contributed by atoms with E-state index >= 15 is 0 Å². The lowest BCUT2D eigenvalue weighted by Crippen LogP contribution is -2.36. The van der Waals surface area contributed by atoms with Crippen LogP contribution in [0.15, 0.2) is 42.7 Å². The summed E-state index contributed by atoms with van der Waals surface area (Å²) < 4.78 is 11.3. The monoisotopic (exact) mass is 383 g/mol. The summed E-state index contributed by atoms with van der Waals surface area (Å²) in [6, 6.07) is 9.22.